The lowest BCUT2D eigenvalue weighted by atomic mass is 10.3. The molecular formula is C9H22N2O. The molecule has 1 aliphatic heterocycles. The molecule has 0 radical (unpaired) electrons. The fraction of sp³-hybridized carbons (Fsp3) is 1.00. The van der Waals surface area contributed by atoms with Crippen molar-refractivity contribution in [3.8, 4) is 0 Å². The number of aliphatic hydroxyl groups is 1. The zero-order chi connectivity index (χ0) is 9.56. The molecular weight excluding hydrogens is 152 g/mol. The van der Waals surface area contributed by atoms with Gasteiger partial charge >= 0.3 is 0 Å². The van der Waals surface area contributed by atoms with Crippen LogP contribution in [0.4, 0.5) is 0 Å². The second kappa shape index (κ2) is 6.40. The van der Waals surface area contributed by atoms with Crippen molar-refractivity contribution in [2.75, 3.05) is 40.3 Å². The Labute approximate surface area is 76.0 Å². The van der Waals surface area contributed by atoms with Crippen LogP contribution in [0.1, 0.15) is 13.8 Å². The molecule has 1 saturated heterocycles. The maximum absolute atomic E-state index is 9.35. The summed E-state index contributed by atoms with van der Waals surface area (Å²) in [5.74, 6) is 0. The summed E-state index contributed by atoms with van der Waals surface area (Å²) in [5, 5.41) is 9.35. The van der Waals surface area contributed by atoms with Gasteiger partial charge in [0.15, 0.2) is 0 Å². The normalized spacial score (nSPS) is 22.8. The van der Waals surface area contributed by atoms with Gasteiger partial charge in [0.1, 0.15) is 0 Å². The number of likely N-dealkylation sites (N-methyl/N-ethyl adjacent to an activating group) is 2. The summed E-state index contributed by atoms with van der Waals surface area (Å²) in [7, 11) is 4.09. The fourth-order valence-corrected chi connectivity index (χ4v) is 1.30. The molecule has 0 bridgehead atoms. The standard InChI is InChI=1S/C7H16N2O.C2H6/c1-8-3-4-9(2)6-7(10)5-8;1-2/h7,10H,3-6H2,1-2H3;1-2H3. The van der Waals surface area contributed by atoms with Gasteiger partial charge in [0, 0.05) is 26.2 Å². The van der Waals surface area contributed by atoms with Crippen molar-refractivity contribution in [3.05, 3.63) is 0 Å². The number of aliphatic hydroxyl groups excluding tert-OH is 1. The maximum Gasteiger partial charge on any atom is 0.0793 e. The monoisotopic (exact) mass is 174 g/mol. The predicted molar refractivity (Wildman–Crippen MR) is 52.3 cm³/mol. The van der Waals surface area contributed by atoms with E-state index in [1.807, 2.05) is 27.9 Å². The molecule has 0 aromatic rings. The molecule has 74 valence electrons. The van der Waals surface area contributed by atoms with E-state index < -0.39 is 0 Å². The first-order valence-electron chi connectivity index (χ1n) is 4.73. The predicted octanol–water partition coefficient (Wildman–Crippen LogP) is 0.251. The zero-order valence-electron chi connectivity index (χ0n) is 8.75. The molecule has 0 unspecified atom stereocenters. The van der Waals surface area contributed by atoms with Crippen molar-refractivity contribution in [1.82, 2.24) is 9.80 Å². The zero-order valence-corrected chi connectivity index (χ0v) is 8.75. The van der Waals surface area contributed by atoms with E-state index in [1.165, 1.54) is 0 Å². The molecule has 0 spiro atoms. The van der Waals surface area contributed by atoms with Crippen LogP contribution in [-0.2, 0) is 0 Å². The number of nitrogens with zero attached hydrogens (tertiary/aromatic N) is 2. The van der Waals surface area contributed by atoms with Gasteiger partial charge in [-0.15, -0.1) is 0 Å². The van der Waals surface area contributed by atoms with Gasteiger partial charge in [0.05, 0.1) is 6.10 Å². The van der Waals surface area contributed by atoms with Gasteiger partial charge in [-0.2, -0.15) is 0 Å². The first kappa shape index (κ1) is 11.9. The van der Waals surface area contributed by atoms with Crippen LogP contribution in [0.5, 0.6) is 0 Å². The van der Waals surface area contributed by atoms with Gasteiger partial charge in [-0.1, -0.05) is 13.8 Å². The second-order valence-electron chi connectivity index (χ2n) is 3.18. The molecule has 1 aliphatic rings. The van der Waals surface area contributed by atoms with Crippen LogP contribution >= 0.6 is 0 Å². The van der Waals surface area contributed by atoms with E-state index in [1.54, 1.807) is 0 Å². The second-order valence-corrected chi connectivity index (χ2v) is 3.18. The van der Waals surface area contributed by atoms with E-state index in [0.717, 1.165) is 26.2 Å². The van der Waals surface area contributed by atoms with Crippen LogP contribution in [0.3, 0.4) is 0 Å². The largest absolute Gasteiger partial charge is 0.390 e. The highest BCUT2D eigenvalue weighted by Gasteiger charge is 2.15. The summed E-state index contributed by atoms with van der Waals surface area (Å²) >= 11 is 0. The van der Waals surface area contributed by atoms with Gasteiger partial charge in [0.25, 0.3) is 0 Å². The van der Waals surface area contributed by atoms with Gasteiger partial charge in [-0.05, 0) is 14.1 Å². The molecule has 3 nitrogen and oxygen atoms in total. The smallest absolute Gasteiger partial charge is 0.0793 e. The molecule has 0 atom stereocenters. The molecule has 1 rings (SSSR count). The minimum atomic E-state index is -0.169. The fourth-order valence-electron chi connectivity index (χ4n) is 1.30. The molecule has 12 heavy (non-hydrogen) atoms. The van der Waals surface area contributed by atoms with E-state index in [0.29, 0.717) is 0 Å². The minimum Gasteiger partial charge on any atom is -0.390 e. The summed E-state index contributed by atoms with van der Waals surface area (Å²) in [6.07, 6.45) is -0.169. The Bertz CT molecular complexity index is 96.7. The Hall–Kier alpha value is -0.120. The topological polar surface area (TPSA) is 26.7 Å². The SMILES string of the molecule is CC.CN1CCN(C)CC(O)C1. The third kappa shape index (κ3) is 4.70. The first-order valence-corrected chi connectivity index (χ1v) is 4.73. The van der Waals surface area contributed by atoms with Crippen molar-refractivity contribution in [1.29, 1.82) is 0 Å². The quantitative estimate of drug-likeness (QED) is 0.570. The van der Waals surface area contributed by atoms with Gasteiger partial charge in [-0.3, -0.25) is 0 Å². The van der Waals surface area contributed by atoms with E-state index in [-0.39, 0.29) is 6.10 Å². The molecule has 0 amide bonds. The Kier molecular flexibility index (Phi) is 6.34. The van der Waals surface area contributed by atoms with Crippen molar-refractivity contribution in [3.63, 3.8) is 0 Å². The Morgan fingerprint density at radius 3 is 1.67 bits per heavy atom. The van der Waals surface area contributed by atoms with E-state index in [2.05, 4.69) is 9.80 Å². The summed E-state index contributed by atoms with van der Waals surface area (Å²) in [6, 6.07) is 0. The Morgan fingerprint density at radius 2 is 1.33 bits per heavy atom. The number of rotatable bonds is 0. The maximum atomic E-state index is 9.35. The van der Waals surface area contributed by atoms with Crippen molar-refractivity contribution in [2.45, 2.75) is 20.0 Å². The average Bonchev–Trinajstić information content (AvgIpc) is 2.16. The lowest BCUT2D eigenvalue weighted by Gasteiger charge is -2.14. The minimum absolute atomic E-state index is 0.169. The summed E-state index contributed by atoms with van der Waals surface area (Å²) < 4.78 is 0. The van der Waals surface area contributed by atoms with Crippen LogP contribution in [0.15, 0.2) is 0 Å². The first-order chi connectivity index (χ1) is 5.68. The number of β-amino-alcohol motifs (C(OH)–C–C–N with tert-alkyl or cyclic N) is 1. The third-order valence-corrected chi connectivity index (χ3v) is 1.91. The highest BCUT2D eigenvalue weighted by Crippen LogP contribution is 1.98. The number of hydrogen-bond acceptors (Lipinski definition) is 3. The third-order valence-electron chi connectivity index (χ3n) is 1.91. The van der Waals surface area contributed by atoms with Crippen molar-refractivity contribution < 1.29 is 5.11 Å². The van der Waals surface area contributed by atoms with Gasteiger partial charge < -0.3 is 14.9 Å². The highest BCUT2D eigenvalue weighted by atomic mass is 16.3. The van der Waals surface area contributed by atoms with Crippen LogP contribution in [0.2, 0.25) is 0 Å². The molecule has 1 heterocycles. The van der Waals surface area contributed by atoms with Crippen LogP contribution < -0.4 is 0 Å². The summed E-state index contributed by atoms with van der Waals surface area (Å²) in [5.41, 5.74) is 0. The summed E-state index contributed by atoms with van der Waals surface area (Å²) in [6.45, 7) is 7.75. The molecule has 0 aromatic carbocycles. The lowest BCUT2D eigenvalue weighted by Crippen LogP contribution is -2.30. The van der Waals surface area contributed by atoms with E-state index in [4.69, 9.17) is 0 Å². The molecule has 0 saturated carbocycles. The molecule has 0 aromatic heterocycles. The Morgan fingerprint density at radius 1 is 1.00 bits per heavy atom. The van der Waals surface area contributed by atoms with Crippen LogP contribution in [0.25, 0.3) is 0 Å². The van der Waals surface area contributed by atoms with Crippen LogP contribution in [0, 0.1) is 0 Å². The molecule has 1 N–H and O–H groups in total. The van der Waals surface area contributed by atoms with E-state index >= 15 is 0 Å². The van der Waals surface area contributed by atoms with E-state index in [9.17, 15) is 5.11 Å². The lowest BCUT2D eigenvalue weighted by molar-refractivity contribution is 0.123. The molecule has 3 heteroatoms. The Balaban J connectivity index is 0.000000561. The summed E-state index contributed by atoms with van der Waals surface area (Å²) in [4.78, 5) is 4.32. The highest BCUT2D eigenvalue weighted by molar-refractivity contribution is 4.70. The molecule has 0 aliphatic carbocycles. The van der Waals surface area contributed by atoms with Gasteiger partial charge in [-0.25, -0.2) is 0 Å². The van der Waals surface area contributed by atoms with Crippen LogP contribution in [-0.4, -0.2) is 61.3 Å². The molecule has 1 fully saturated rings. The average molecular weight is 174 g/mol. The van der Waals surface area contributed by atoms with Gasteiger partial charge in [0.2, 0.25) is 0 Å². The van der Waals surface area contributed by atoms with Crippen molar-refractivity contribution in [2.24, 2.45) is 0 Å². The number of hydrogen-bond donors (Lipinski definition) is 1. The van der Waals surface area contributed by atoms with Crippen molar-refractivity contribution >= 4 is 0 Å².